The molecular weight excluding hydrogens is 238 g/mol. The normalized spacial score (nSPS) is 9.53. The van der Waals surface area contributed by atoms with Crippen LogP contribution in [0.4, 0.5) is 0 Å². The molecule has 0 heterocycles. The van der Waals surface area contributed by atoms with Crippen LogP contribution in [0.3, 0.4) is 0 Å². The molecule has 1 rings (SSSR count). The third-order valence-corrected chi connectivity index (χ3v) is 2.09. The van der Waals surface area contributed by atoms with Crippen molar-refractivity contribution in [1.29, 1.82) is 0 Å². The van der Waals surface area contributed by atoms with Crippen molar-refractivity contribution in [2.24, 2.45) is 0 Å². The van der Waals surface area contributed by atoms with Gasteiger partial charge in [0.1, 0.15) is 18.1 Å². The summed E-state index contributed by atoms with van der Waals surface area (Å²) in [6.45, 7) is 7.50. The van der Waals surface area contributed by atoms with Crippen LogP contribution in [0, 0.1) is 0 Å². The summed E-state index contributed by atoms with van der Waals surface area (Å²) in [5.41, 5.74) is 0. The smallest absolute Gasteiger partial charge is 0.119 e. The molecule has 1 N–H and O–H groups in total. The van der Waals surface area contributed by atoms with Gasteiger partial charge in [-0.05, 0) is 37.2 Å². The summed E-state index contributed by atoms with van der Waals surface area (Å²) in [7, 11) is 0. The van der Waals surface area contributed by atoms with Gasteiger partial charge in [-0.2, -0.15) is 0 Å². The fraction of sp³-hybridized carbons (Fsp3) is 0.538. The number of rotatable bonds is 8. The summed E-state index contributed by atoms with van der Waals surface area (Å²) in [5, 5.41) is 3.21. The number of hydrogen-bond donors (Lipinski definition) is 1. The van der Waals surface area contributed by atoms with Gasteiger partial charge in [-0.1, -0.05) is 13.8 Å². The van der Waals surface area contributed by atoms with E-state index in [0.717, 1.165) is 37.6 Å². The van der Waals surface area contributed by atoms with E-state index in [-0.39, 0.29) is 12.4 Å². The van der Waals surface area contributed by atoms with Gasteiger partial charge in [0.25, 0.3) is 0 Å². The molecule has 0 radical (unpaired) electrons. The van der Waals surface area contributed by atoms with Crippen LogP contribution >= 0.6 is 12.4 Å². The molecule has 1 aromatic carbocycles. The van der Waals surface area contributed by atoms with Gasteiger partial charge in [-0.3, -0.25) is 0 Å². The second kappa shape index (κ2) is 10.2. The monoisotopic (exact) mass is 259 g/mol. The van der Waals surface area contributed by atoms with E-state index in [2.05, 4.69) is 19.2 Å². The Morgan fingerprint density at radius 2 is 1.47 bits per heavy atom. The first kappa shape index (κ1) is 16.1. The predicted molar refractivity (Wildman–Crippen MR) is 73.5 cm³/mol. The summed E-state index contributed by atoms with van der Waals surface area (Å²) >= 11 is 0. The second-order valence-electron chi connectivity index (χ2n) is 3.52. The molecule has 17 heavy (non-hydrogen) atoms. The third-order valence-electron chi connectivity index (χ3n) is 2.09. The lowest BCUT2D eigenvalue weighted by Crippen LogP contribution is -2.20. The van der Waals surface area contributed by atoms with Crippen LogP contribution in [0.25, 0.3) is 0 Å². The molecule has 0 aliphatic rings. The van der Waals surface area contributed by atoms with Gasteiger partial charge in [-0.15, -0.1) is 12.4 Å². The Labute approximate surface area is 110 Å². The maximum absolute atomic E-state index is 5.55. The highest BCUT2D eigenvalue weighted by Crippen LogP contribution is 2.17. The Morgan fingerprint density at radius 3 is 1.94 bits per heavy atom. The molecule has 98 valence electrons. The molecule has 0 aliphatic heterocycles. The van der Waals surface area contributed by atoms with Gasteiger partial charge in [0.2, 0.25) is 0 Å². The minimum absolute atomic E-state index is 0. The van der Waals surface area contributed by atoms with Gasteiger partial charge in [-0.25, -0.2) is 0 Å². The highest BCUT2D eigenvalue weighted by molar-refractivity contribution is 5.85. The van der Waals surface area contributed by atoms with E-state index in [0.29, 0.717) is 6.61 Å². The Morgan fingerprint density at radius 1 is 0.941 bits per heavy atom. The van der Waals surface area contributed by atoms with Gasteiger partial charge in [0.05, 0.1) is 6.61 Å². The Balaban J connectivity index is 0.00000256. The van der Waals surface area contributed by atoms with Crippen molar-refractivity contribution < 1.29 is 9.47 Å². The zero-order chi connectivity index (χ0) is 11.6. The average Bonchev–Trinajstić information content (AvgIpc) is 2.33. The van der Waals surface area contributed by atoms with Crippen molar-refractivity contribution in [3.05, 3.63) is 24.3 Å². The van der Waals surface area contributed by atoms with Crippen molar-refractivity contribution >= 4 is 12.4 Å². The average molecular weight is 260 g/mol. The van der Waals surface area contributed by atoms with Crippen LogP contribution in [-0.2, 0) is 0 Å². The maximum Gasteiger partial charge on any atom is 0.119 e. The van der Waals surface area contributed by atoms with Gasteiger partial charge >= 0.3 is 0 Å². The van der Waals surface area contributed by atoms with E-state index in [1.165, 1.54) is 0 Å². The summed E-state index contributed by atoms with van der Waals surface area (Å²) in [6.07, 6.45) is 1.03. The van der Waals surface area contributed by atoms with Crippen molar-refractivity contribution in [2.45, 2.75) is 20.3 Å². The Kier molecular flexibility index (Phi) is 9.68. The maximum atomic E-state index is 5.55. The highest BCUT2D eigenvalue weighted by Gasteiger charge is 1.95. The number of ether oxygens (including phenoxy) is 2. The SMILES string of the molecule is CCCOc1ccc(OCCNCC)cc1.Cl. The van der Waals surface area contributed by atoms with E-state index >= 15 is 0 Å². The van der Waals surface area contributed by atoms with E-state index in [4.69, 9.17) is 9.47 Å². The number of nitrogens with one attached hydrogen (secondary N) is 1. The van der Waals surface area contributed by atoms with Crippen LogP contribution in [0.15, 0.2) is 24.3 Å². The zero-order valence-electron chi connectivity index (χ0n) is 10.6. The third kappa shape index (κ3) is 7.08. The summed E-state index contributed by atoms with van der Waals surface area (Å²) < 4.78 is 11.0. The molecule has 0 spiro atoms. The van der Waals surface area contributed by atoms with Crippen LogP contribution in [0.1, 0.15) is 20.3 Å². The van der Waals surface area contributed by atoms with E-state index in [1.54, 1.807) is 0 Å². The predicted octanol–water partition coefficient (Wildman–Crippen LogP) is 2.89. The number of benzene rings is 1. The van der Waals surface area contributed by atoms with Crippen LogP contribution in [0.2, 0.25) is 0 Å². The lowest BCUT2D eigenvalue weighted by Gasteiger charge is -2.08. The molecule has 0 bridgehead atoms. The van der Waals surface area contributed by atoms with E-state index < -0.39 is 0 Å². The van der Waals surface area contributed by atoms with E-state index in [1.807, 2.05) is 24.3 Å². The van der Waals surface area contributed by atoms with E-state index in [9.17, 15) is 0 Å². The molecule has 0 aromatic heterocycles. The standard InChI is InChI=1S/C13H21NO2.ClH/c1-3-10-15-12-5-7-13(8-6-12)16-11-9-14-4-2;/h5-8,14H,3-4,9-11H2,1-2H3;1H. The minimum Gasteiger partial charge on any atom is -0.494 e. The lowest BCUT2D eigenvalue weighted by atomic mass is 10.3. The van der Waals surface area contributed by atoms with Crippen molar-refractivity contribution in [3.63, 3.8) is 0 Å². The molecule has 0 saturated carbocycles. The zero-order valence-corrected chi connectivity index (χ0v) is 11.4. The number of halogens is 1. The molecule has 0 aliphatic carbocycles. The molecule has 0 atom stereocenters. The van der Waals surface area contributed by atoms with Gasteiger partial charge in [0, 0.05) is 6.54 Å². The first-order chi connectivity index (χ1) is 7.86. The highest BCUT2D eigenvalue weighted by atomic mass is 35.5. The Bertz CT molecular complexity index is 277. The quantitative estimate of drug-likeness (QED) is 0.729. The van der Waals surface area contributed by atoms with Crippen LogP contribution in [-0.4, -0.2) is 26.3 Å². The van der Waals surface area contributed by atoms with Crippen LogP contribution in [0.5, 0.6) is 11.5 Å². The number of hydrogen-bond acceptors (Lipinski definition) is 3. The van der Waals surface area contributed by atoms with Gasteiger partial charge in [0.15, 0.2) is 0 Å². The lowest BCUT2D eigenvalue weighted by molar-refractivity contribution is 0.308. The van der Waals surface area contributed by atoms with Crippen molar-refractivity contribution in [2.75, 3.05) is 26.3 Å². The molecular formula is C13H22ClNO2. The molecule has 4 heteroatoms. The summed E-state index contributed by atoms with van der Waals surface area (Å²) in [4.78, 5) is 0. The largest absolute Gasteiger partial charge is 0.494 e. The number of likely N-dealkylation sites (N-methyl/N-ethyl adjacent to an activating group) is 1. The first-order valence-corrected chi connectivity index (χ1v) is 5.93. The van der Waals surface area contributed by atoms with Gasteiger partial charge < -0.3 is 14.8 Å². The van der Waals surface area contributed by atoms with Crippen LogP contribution < -0.4 is 14.8 Å². The molecule has 0 amide bonds. The topological polar surface area (TPSA) is 30.5 Å². The molecule has 0 fully saturated rings. The second-order valence-corrected chi connectivity index (χ2v) is 3.52. The molecule has 0 unspecified atom stereocenters. The molecule has 0 saturated heterocycles. The molecule has 3 nitrogen and oxygen atoms in total. The summed E-state index contributed by atoms with van der Waals surface area (Å²) in [6, 6.07) is 7.77. The fourth-order valence-corrected chi connectivity index (χ4v) is 1.27. The van der Waals surface area contributed by atoms with Crippen molar-refractivity contribution in [3.8, 4) is 11.5 Å². The minimum atomic E-state index is 0. The summed E-state index contributed by atoms with van der Waals surface area (Å²) in [5.74, 6) is 1.79. The molecule has 1 aromatic rings. The first-order valence-electron chi connectivity index (χ1n) is 5.93. The fourth-order valence-electron chi connectivity index (χ4n) is 1.27. The Hall–Kier alpha value is -0.930. The van der Waals surface area contributed by atoms with Crippen molar-refractivity contribution in [1.82, 2.24) is 5.32 Å².